The highest BCUT2D eigenvalue weighted by molar-refractivity contribution is 6.23. The molecule has 2 saturated heterocycles. The number of imide groups is 1. The number of rotatable bonds is 4. The quantitative estimate of drug-likeness (QED) is 0.649. The molecule has 0 bridgehead atoms. The van der Waals surface area contributed by atoms with Crippen LogP contribution in [0.15, 0.2) is 4.99 Å². The van der Waals surface area contributed by atoms with Crippen molar-refractivity contribution in [1.82, 2.24) is 19.6 Å². The van der Waals surface area contributed by atoms with Gasteiger partial charge >= 0.3 is 11.9 Å². The summed E-state index contributed by atoms with van der Waals surface area (Å²) in [6.07, 6.45) is 0. The van der Waals surface area contributed by atoms with Gasteiger partial charge in [0.2, 0.25) is 0 Å². The molecule has 8 nitrogen and oxygen atoms in total. The first kappa shape index (κ1) is 18.0. The van der Waals surface area contributed by atoms with Crippen LogP contribution in [0.5, 0.6) is 0 Å². The van der Waals surface area contributed by atoms with Crippen LogP contribution in [0, 0.1) is 5.92 Å². The molecule has 8 heteroatoms. The van der Waals surface area contributed by atoms with Crippen LogP contribution in [0.25, 0.3) is 0 Å². The van der Waals surface area contributed by atoms with Crippen molar-refractivity contribution in [1.29, 1.82) is 0 Å². The second-order valence-corrected chi connectivity index (χ2v) is 7.65. The molecular weight excluding hydrogens is 320 g/mol. The number of piperazine rings is 1. The molecule has 0 aromatic heterocycles. The summed E-state index contributed by atoms with van der Waals surface area (Å²) in [4.78, 5) is 37.1. The first-order valence-electron chi connectivity index (χ1n) is 8.96. The molecule has 0 aromatic carbocycles. The molecule has 1 atom stereocenters. The van der Waals surface area contributed by atoms with Gasteiger partial charge in [-0.1, -0.05) is 13.8 Å². The number of nitrogens with zero attached hydrogens (tertiary/aromatic N) is 6. The van der Waals surface area contributed by atoms with E-state index in [-0.39, 0.29) is 11.9 Å². The number of carbonyl (C=O) groups excluding carboxylic acids is 2. The molecule has 0 aliphatic carbocycles. The lowest BCUT2D eigenvalue weighted by molar-refractivity contribution is -0.542. The van der Waals surface area contributed by atoms with Crippen molar-refractivity contribution in [2.75, 3.05) is 60.4 Å². The van der Waals surface area contributed by atoms with E-state index in [4.69, 9.17) is 4.99 Å². The number of carbonyl (C=O) groups is 2. The highest BCUT2D eigenvalue weighted by Gasteiger charge is 2.53. The lowest BCUT2D eigenvalue weighted by Gasteiger charge is -2.32. The third-order valence-corrected chi connectivity index (χ3v) is 5.14. The average molecular weight is 349 g/mol. The average Bonchev–Trinajstić information content (AvgIpc) is 2.91. The molecule has 3 heterocycles. The van der Waals surface area contributed by atoms with Crippen molar-refractivity contribution in [2.24, 2.45) is 10.9 Å². The summed E-state index contributed by atoms with van der Waals surface area (Å²) in [7, 11) is 5.38. The Morgan fingerprint density at radius 1 is 1.08 bits per heavy atom. The first-order valence-corrected chi connectivity index (χ1v) is 8.96. The summed E-state index contributed by atoms with van der Waals surface area (Å²) in [5.41, 5.74) is 0. The van der Waals surface area contributed by atoms with Crippen LogP contribution in [-0.2, 0) is 4.79 Å². The van der Waals surface area contributed by atoms with Gasteiger partial charge in [0.25, 0.3) is 17.8 Å². The van der Waals surface area contributed by atoms with Crippen LogP contribution in [-0.4, -0.2) is 114 Å². The molecule has 0 saturated carbocycles. The van der Waals surface area contributed by atoms with Gasteiger partial charge in [-0.05, 0) is 18.0 Å². The Bertz CT molecular complexity index is 633. The number of likely N-dealkylation sites (N-methyl/N-ethyl adjacent to an activating group) is 3. The van der Waals surface area contributed by atoms with E-state index < -0.39 is 6.04 Å². The van der Waals surface area contributed by atoms with Crippen molar-refractivity contribution in [3.63, 3.8) is 0 Å². The summed E-state index contributed by atoms with van der Waals surface area (Å²) >= 11 is 0. The zero-order valence-electron chi connectivity index (χ0n) is 15.9. The Labute approximate surface area is 149 Å². The monoisotopic (exact) mass is 349 g/mol. The van der Waals surface area contributed by atoms with Gasteiger partial charge in [0, 0.05) is 40.3 Å². The maximum absolute atomic E-state index is 12.8. The Balaban J connectivity index is 1.89. The summed E-state index contributed by atoms with van der Waals surface area (Å²) in [6.45, 7) is 9.81. The number of urea groups is 1. The molecule has 0 aromatic rings. The number of amidine groups is 2. The predicted molar refractivity (Wildman–Crippen MR) is 96.1 cm³/mol. The Morgan fingerprint density at radius 3 is 2.32 bits per heavy atom. The standard InChI is InChI=1S/C17H29N6O2/c1-12(2)10-23-13(11-22-8-6-19(3)7-9-22)18-15-14(23)16(24)21(5)17(25)20(15)4/h12,14H,6-11H2,1-5H3/q+1. The van der Waals surface area contributed by atoms with E-state index in [1.54, 1.807) is 14.1 Å². The normalized spacial score (nSPS) is 26.0. The van der Waals surface area contributed by atoms with E-state index >= 15 is 0 Å². The molecule has 2 fully saturated rings. The number of fused-ring (bicyclic) bond motifs is 1. The van der Waals surface area contributed by atoms with E-state index in [9.17, 15) is 9.59 Å². The lowest BCUT2D eigenvalue weighted by Crippen LogP contribution is -2.61. The molecule has 0 spiro atoms. The summed E-state index contributed by atoms with van der Waals surface area (Å²) < 4.78 is 2.10. The van der Waals surface area contributed by atoms with Crippen molar-refractivity contribution in [3.8, 4) is 0 Å². The molecule has 138 valence electrons. The first-order chi connectivity index (χ1) is 11.8. The van der Waals surface area contributed by atoms with E-state index in [0.29, 0.717) is 11.8 Å². The zero-order chi connectivity index (χ0) is 18.3. The van der Waals surface area contributed by atoms with Gasteiger partial charge in [0.1, 0.15) is 6.54 Å². The molecule has 3 rings (SSSR count). The SMILES string of the molecule is CC(C)C[N+]1=C(CN2CCN(C)CC2)N=C2C1C(=O)N(C)C(=O)N2C. The Hall–Kier alpha value is -1.80. The van der Waals surface area contributed by atoms with Crippen molar-refractivity contribution < 1.29 is 14.2 Å². The molecule has 3 aliphatic rings. The van der Waals surface area contributed by atoms with Crippen LogP contribution in [0.1, 0.15) is 13.8 Å². The molecule has 0 radical (unpaired) electrons. The fraction of sp³-hybridized carbons (Fsp3) is 0.765. The fourth-order valence-corrected chi connectivity index (χ4v) is 3.59. The molecule has 25 heavy (non-hydrogen) atoms. The van der Waals surface area contributed by atoms with Crippen LogP contribution >= 0.6 is 0 Å². The second kappa shape index (κ2) is 6.84. The van der Waals surface area contributed by atoms with E-state index in [1.165, 1.54) is 9.80 Å². The van der Waals surface area contributed by atoms with Gasteiger partial charge in [0.15, 0.2) is 0 Å². The van der Waals surface area contributed by atoms with Crippen molar-refractivity contribution in [2.45, 2.75) is 19.9 Å². The highest BCUT2D eigenvalue weighted by Crippen LogP contribution is 2.20. The van der Waals surface area contributed by atoms with Crippen LogP contribution in [0.3, 0.4) is 0 Å². The predicted octanol–water partition coefficient (Wildman–Crippen LogP) is -0.395. The van der Waals surface area contributed by atoms with Crippen LogP contribution < -0.4 is 0 Å². The molecule has 0 N–H and O–H groups in total. The van der Waals surface area contributed by atoms with E-state index in [1.807, 2.05) is 0 Å². The summed E-state index contributed by atoms with van der Waals surface area (Å²) in [5, 5.41) is 0. The smallest absolute Gasteiger partial charge is 0.304 e. The van der Waals surface area contributed by atoms with Crippen molar-refractivity contribution in [3.05, 3.63) is 0 Å². The summed E-state index contributed by atoms with van der Waals surface area (Å²) in [5.74, 6) is 1.69. The minimum absolute atomic E-state index is 0.184. The fourth-order valence-electron chi connectivity index (χ4n) is 3.59. The zero-order valence-corrected chi connectivity index (χ0v) is 15.9. The molecule has 3 amide bonds. The number of aliphatic imine (C=N–C) groups is 1. The highest BCUT2D eigenvalue weighted by atomic mass is 16.2. The number of hydrogen-bond acceptors (Lipinski definition) is 5. The maximum Gasteiger partial charge on any atom is 0.333 e. The van der Waals surface area contributed by atoms with Crippen molar-refractivity contribution >= 4 is 23.6 Å². The third-order valence-electron chi connectivity index (χ3n) is 5.14. The topological polar surface area (TPSA) is 62.5 Å². The van der Waals surface area contributed by atoms with Crippen LogP contribution in [0.2, 0.25) is 0 Å². The van der Waals surface area contributed by atoms with E-state index in [0.717, 1.165) is 45.1 Å². The van der Waals surface area contributed by atoms with E-state index in [2.05, 4.69) is 35.3 Å². The largest absolute Gasteiger partial charge is 0.333 e. The Kier molecular flexibility index (Phi) is 4.92. The second-order valence-electron chi connectivity index (χ2n) is 7.65. The summed E-state index contributed by atoms with van der Waals surface area (Å²) in [6, 6.07) is -0.789. The van der Waals surface area contributed by atoms with Gasteiger partial charge in [0.05, 0.1) is 6.54 Å². The lowest BCUT2D eigenvalue weighted by atomic mass is 10.1. The minimum atomic E-state index is -0.474. The third kappa shape index (κ3) is 3.32. The van der Waals surface area contributed by atoms with Gasteiger partial charge in [-0.25, -0.2) is 9.37 Å². The van der Waals surface area contributed by atoms with Crippen LogP contribution in [0.4, 0.5) is 4.79 Å². The van der Waals surface area contributed by atoms with Gasteiger partial charge in [-0.15, -0.1) is 0 Å². The molecular formula is C17H29N6O2+. The van der Waals surface area contributed by atoms with Gasteiger partial charge < -0.3 is 4.90 Å². The molecule has 3 aliphatic heterocycles. The number of amides is 3. The maximum atomic E-state index is 12.8. The Morgan fingerprint density at radius 2 is 1.72 bits per heavy atom. The van der Waals surface area contributed by atoms with Gasteiger partial charge in [-0.2, -0.15) is 0 Å². The minimum Gasteiger partial charge on any atom is -0.304 e. The number of hydrogen-bond donors (Lipinski definition) is 0. The molecule has 1 unspecified atom stereocenters. The van der Waals surface area contributed by atoms with Gasteiger partial charge in [-0.3, -0.25) is 19.5 Å².